The summed E-state index contributed by atoms with van der Waals surface area (Å²) in [7, 11) is 1.72. The number of hydrogen-bond donors (Lipinski definition) is 0. The van der Waals surface area contributed by atoms with Crippen LogP contribution in [0.5, 0.6) is 0 Å². The van der Waals surface area contributed by atoms with Gasteiger partial charge in [-0.2, -0.15) is 0 Å². The molecule has 0 aliphatic carbocycles. The van der Waals surface area contributed by atoms with Crippen LogP contribution in [0.25, 0.3) is 0 Å². The molecule has 4 heteroatoms. The Morgan fingerprint density at radius 2 is 2.19 bits per heavy atom. The summed E-state index contributed by atoms with van der Waals surface area (Å²) < 4.78 is 5.15. The molecule has 1 heterocycles. The van der Waals surface area contributed by atoms with Gasteiger partial charge in [0.25, 0.3) is 0 Å². The van der Waals surface area contributed by atoms with Crippen LogP contribution in [0.4, 0.5) is 0 Å². The Bertz CT molecular complexity index is 253. The Hall–Kier alpha value is -1.06. The predicted octanol–water partition coefficient (Wildman–Crippen LogP) is 1.59. The van der Waals surface area contributed by atoms with Crippen LogP contribution in [-0.4, -0.2) is 37.0 Å². The number of unbranched alkanes of at least 4 members (excludes halogenated alkanes) is 3. The average molecular weight is 227 g/mol. The highest BCUT2D eigenvalue weighted by molar-refractivity contribution is 5.86. The summed E-state index contributed by atoms with van der Waals surface area (Å²) in [5.74, 6) is -0.425. The van der Waals surface area contributed by atoms with E-state index in [9.17, 15) is 9.59 Å². The second-order valence-corrected chi connectivity index (χ2v) is 4.40. The zero-order chi connectivity index (χ0) is 12.0. The molecule has 1 unspecified atom stereocenters. The van der Waals surface area contributed by atoms with Crippen molar-refractivity contribution in [2.75, 3.05) is 20.2 Å². The second kappa shape index (κ2) is 6.51. The maximum Gasteiger partial charge on any atom is 0.311 e. The van der Waals surface area contributed by atoms with Crippen LogP contribution in [-0.2, 0) is 14.3 Å². The fourth-order valence-electron chi connectivity index (χ4n) is 1.84. The molecular formula is C12H21NO3. The molecule has 0 spiro atoms. The molecule has 0 aromatic carbocycles. The highest BCUT2D eigenvalue weighted by Gasteiger charge is 2.33. The molecule has 0 saturated carbocycles. The van der Waals surface area contributed by atoms with Crippen molar-refractivity contribution >= 4 is 11.9 Å². The average Bonchev–Trinajstić information content (AvgIpc) is 2.59. The third-order valence-corrected chi connectivity index (χ3v) is 2.92. The molecule has 0 aromatic rings. The second-order valence-electron chi connectivity index (χ2n) is 4.40. The van der Waals surface area contributed by atoms with E-state index in [1.165, 1.54) is 12.8 Å². The van der Waals surface area contributed by atoms with Crippen LogP contribution >= 0.6 is 0 Å². The molecule has 1 atom stereocenters. The van der Waals surface area contributed by atoms with Crippen LogP contribution < -0.4 is 0 Å². The molecule has 0 N–H and O–H groups in total. The Morgan fingerprint density at radius 3 is 2.75 bits per heavy atom. The number of rotatable bonds is 6. The Labute approximate surface area is 96.9 Å². The van der Waals surface area contributed by atoms with Gasteiger partial charge in [0, 0.05) is 20.0 Å². The van der Waals surface area contributed by atoms with Gasteiger partial charge < -0.3 is 9.64 Å². The van der Waals surface area contributed by atoms with Gasteiger partial charge in [-0.3, -0.25) is 9.59 Å². The van der Waals surface area contributed by atoms with Crippen LogP contribution in [0.15, 0.2) is 0 Å². The number of amides is 1. The van der Waals surface area contributed by atoms with E-state index in [0.29, 0.717) is 19.6 Å². The minimum atomic E-state index is -0.247. The predicted molar refractivity (Wildman–Crippen MR) is 60.8 cm³/mol. The number of carbonyl (C=O) groups is 2. The third-order valence-electron chi connectivity index (χ3n) is 2.92. The molecule has 1 saturated heterocycles. The molecular weight excluding hydrogens is 206 g/mol. The largest absolute Gasteiger partial charge is 0.465 e. The zero-order valence-corrected chi connectivity index (χ0v) is 10.2. The standard InChI is InChI=1S/C12H21NO3/c1-3-4-5-6-7-16-12(15)10-8-11(14)13(2)9-10/h10H,3-9H2,1-2H3. The van der Waals surface area contributed by atoms with Crippen molar-refractivity contribution in [1.82, 2.24) is 4.90 Å². The molecule has 0 bridgehead atoms. The first-order valence-corrected chi connectivity index (χ1v) is 6.05. The summed E-state index contributed by atoms with van der Waals surface area (Å²) >= 11 is 0. The summed E-state index contributed by atoms with van der Waals surface area (Å²) in [6.45, 7) is 3.14. The van der Waals surface area contributed by atoms with E-state index in [1.54, 1.807) is 11.9 Å². The molecule has 16 heavy (non-hydrogen) atoms. The highest BCUT2D eigenvalue weighted by atomic mass is 16.5. The Morgan fingerprint density at radius 1 is 1.44 bits per heavy atom. The van der Waals surface area contributed by atoms with Crippen molar-refractivity contribution in [1.29, 1.82) is 0 Å². The van der Waals surface area contributed by atoms with E-state index < -0.39 is 0 Å². The lowest BCUT2D eigenvalue weighted by Crippen LogP contribution is -2.22. The van der Waals surface area contributed by atoms with Crippen LogP contribution in [0.1, 0.15) is 39.0 Å². The maximum atomic E-state index is 11.6. The summed E-state index contributed by atoms with van der Waals surface area (Å²) in [6, 6.07) is 0. The number of nitrogens with zero attached hydrogens (tertiary/aromatic N) is 1. The first-order valence-electron chi connectivity index (χ1n) is 6.05. The fourth-order valence-corrected chi connectivity index (χ4v) is 1.84. The van der Waals surface area contributed by atoms with E-state index in [4.69, 9.17) is 4.74 Å². The third kappa shape index (κ3) is 3.83. The van der Waals surface area contributed by atoms with Crippen LogP contribution in [0, 0.1) is 5.92 Å². The van der Waals surface area contributed by atoms with Gasteiger partial charge in [0.05, 0.1) is 12.5 Å². The van der Waals surface area contributed by atoms with Gasteiger partial charge in [0.15, 0.2) is 0 Å². The smallest absolute Gasteiger partial charge is 0.311 e. The van der Waals surface area contributed by atoms with E-state index in [2.05, 4.69) is 6.92 Å². The molecule has 0 aromatic heterocycles. The monoisotopic (exact) mass is 227 g/mol. The summed E-state index contributed by atoms with van der Waals surface area (Å²) in [5, 5.41) is 0. The number of ether oxygens (including phenoxy) is 1. The topological polar surface area (TPSA) is 46.6 Å². The first kappa shape index (κ1) is 13.0. The summed E-state index contributed by atoms with van der Waals surface area (Å²) in [5.41, 5.74) is 0. The van der Waals surface area contributed by atoms with E-state index >= 15 is 0 Å². The van der Waals surface area contributed by atoms with E-state index in [0.717, 1.165) is 12.8 Å². The Kier molecular flexibility index (Phi) is 5.29. The number of carbonyl (C=O) groups excluding carboxylic acids is 2. The van der Waals surface area contributed by atoms with Crippen molar-refractivity contribution in [3.8, 4) is 0 Å². The first-order chi connectivity index (χ1) is 7.65. The number of likely N-dealkylation sites (tertiary alicyclic amines) is 1. The molecule has 1 fully saturated rings. The molecule has 0 radical (unpaired) electrons. The van der Waals surface area contributed by atoms with Crippen molar-refractivity contribution in [2.45, 2.75) is 39.0 Å². The lowest BCUT2D eigenvalue weighted by molar-refractivity contribution is -0.148. The van der Waals surface area contributed by atoms with Gasteiger partial charge in [0.2, 0.25) is 5.91 Å². The number of hydrogen-bond acceptors (Lipinski definition) is 3. The van der Waals surface area contributed by atoms with Gasteiger partial charge in [-0.15, -0.1) is 0 Å². The zero-order valence-electron chi connectivity index (χ0n) is 10.2. The quantitative estimate of drug-likeness (QED) is 0.511. The minimum absolute atomic E-state index is 0.0351. The molecule has 1 rings (SSSR count). The van der Waals surface area contributed by atoms with Gasteiger partial charge in [-0.05, 0) is 6.42 Å². The van der Waals surface area contributed by atoms with Crippen LogP contribution in [0.2, 0.25) is 0 Å². The Balaban J connectivity index is 2.14. The van der Waals surface area contributed by atoms with E-state index in [-0.39, 0.29) is 17.8 Å². The normalized spacial score (nSPS) is 20.2. The maximum absolute atomic E-state index is 11.6. The van der Waals surface area contributed by atoms with Gasteiger partial charge in [-0.1, -0.05) is 26.2 Å². The SMILES string of the molecule is CCCCCCOC(=O)C1CC(=O)N(C)C1. The fraction of sp³-hybridized carbons (Fsp3) is 0.833. The van der Waals surface area contributed by atoms with Gasteiger partial charge >= 0.3 is 5.97 Å². The molecule has 92 valence electrons. The van der Waals surface area contributed by atoms with Crippen molar-refractivity contribution in [3.05, 3.63) is 0 Å². The van der Waals surface area contributed by atoms with Crippen molar-refractivity contribution in [2.24, 2.45) is 5.92 Å². The van der Waals surface area contributed by atoms with Crippen LogP contribution in [0.3, 0.4) is 0 Å². The molecule has 1 aliphatic rings. The lowest BCUT2D eigenvalue weighted by Gasteiger charge is -2.10. The van der Waals surface area contributed by atoms with Crippen molar-refractivity contribution < 1.29 is 14.3 Å². The lowest BCUT2D eigenvalue weighted by atomic mass is 10.1. The minimum Gasteiger partial charge on any atom is -0.465 e. The summed E-state index contributed by atoms with van der Waals surface area (Å²) in [6.07, 6.45) is 4.70. The van der Waals surface area contributed by atoms with Gasteiger partial charge in [0.1, 0.15) is 0 Å². The molecule has 1 aliphatic heterocycles. The molecule has 4 nitrogen and oxygen atoms in total. The summed E-state index contributed by atoms with van der Waals surface area (Å²) in [4.78, 5) is 24.4. The number of esters is 1. The highest BCUT2D eigenvalue weighted by Crippen LogP contribution is 2.17. The molecule has 1 amide bonds. The van der Waals surface area contributed by atoms with Crippen molar-refractivity contribution in [3.63, 3.8) is 0 Å². The van der Waals surface area contributed by atoms with Gasteiger partial charge in [-0.25, -0.2) is 0 Å². The van der Waals surface area contributed by atoms with E-state index in [1.807, 2.05) is 0 Å².